The monoisotopic (exact) mass is 350 g/mol. The number of fused-ring (bicyclic) bond motifs is 1. The summed E-state index contributed by atoms with van der Waals surface area (Å²) in [6, 6.07) is 15.4. The Morgan fingerprint density at radius 3 is 2.62 bits per heavy atom. The third-order valence-electron chi connectivity index (χ3n) is 4.09. The van der Waals surface area contributed by atoms with Gasteiger partial charge in [-0.2, -0.15) is 0 Å². The Labute approximate surface area is 151 Å². The Kier molecular flexibility index (Phi) is 5.37. The lowest BCUT2D eigenvalue weighted by atomic mass is 10.1. The Bertz CT molecular complexity index is 987. The summed E-state index contributed by atoms with van der Waals surface area (Å²) < 4.78 is 11.3. The van der Waals surface area contributed by atoms with Crippen molar-refractivity contribution in [2.24, 2.45) is 4.99 Å². The highest BCUT2D eigenvalue weighted by molar-refractivity contribution is 5.79. The van der Waals surface area contributed by atoms with Crippen LogP contribution in [0.2, 0.25) is 0 Å². The summed E-state index contributed by atoms with van der Waals surface area (Å²) >= 11 is 0. The summed E-state index contributed by atoms with van der Waals surface area (Å²) in [5, 5.41) is 12.3. The summed E-state index contributed by atoms with van der Waals surface area (Å²) in [6.45, 7) is 2.43. The van der Waals surface area contributed by atoms with Crippen LogP contribution in [0.1, 0.15) is 18.4 Å². The topological polar surface area (TPSA) is 74.9 Å². The molecule has 0 N–H and O–H groups in total. The second-order valence-electron chi connectivity index (χ2n) is 6.08. The number of aryl methyl sites for hydroxylation is 1. The van der Waals surface area contributed by atoms with Crippen molar-refractivity contribution < 1.29 is 19.1 Å². The molecule has 1 aromatic heterocycles. The van der Waals surface area contributed by atoms with E-state index >= 15 is 0 Å². The molecule has 0 unspecified atom stereocenters. The molecule has 3 rings (SSSR count). The van der Waals surface area contributed by atoms with Crippen LogP contribution >= 0.6 is 0 Å². The van der Waals surface area contributed by atoms with Crippen molar-refractivity contribution in [2.45, 2.75) is 19.8 Å². The molecular weight excluding hydrogens is 330 g/mol. The van der Waals surface area contributed by atoms with E-state index in [0.29, 0.717) is 18.7 Å². The fourth-order valence-electron chi connectivity index (χ4n) is 2.73. The number of carboxylic acids is 1. The van der Waals surface area contributed by atoms with Crippen LogP contribution in [0.5, 0.6) is 5.75 Å². The van der Waals surface area contributed by atoms with Gasteiger partial charge in [-0.3, -0.25) is 4.99 Å². The molecule has 5 nitrogen and oxygen atoms in total. The van der Waals surface area contributed by atoms with Gasteiger partial charge in [-0.25, -0.2) is 0 Å². The third-order valence-corrected chi connectivity index (χ3v) is 4.09. The normalized spacial score (nSPS) is 11.7. The first-order valence-electron chi connectivity index (χ1n) is 8.46. The Balaban J connectivity index is 2.06. The highest BCUT2D eigenvalue weighted by Crippen LogP contribution is 2.24. The summed E-state index contributed by atoms with van der Waals surface area (Å²) in [7, 11) is 1.63. The minimum atomic E-state index is -1.05. The average Bonchev–Trinajstić information content (AvgIpc) is 2.65. The van der Waals surface area contributed by atoms with E-state index < -0.39 is 5.97 Å². The Hall–Kier alpha value is -3.08. The van der Waals surface area contributed by atoms with Crippen LogP contribution in [0.4, 0.5) is 0 Å². The minimum Gasteiger partial charge on any atom is -0.550 e. The van der Waals surface area contributed by atoms with Crippen molar-refractivity contribution in [1.82, 2.24) is 0 Å². The van der Waals surface area contributed by atoms with Gasteiger partial charge in [0.05, 0.1) is 12.5 Å². The maximum Gasteiger partial charge on any atom is 0.136 e. The first-order chi connectivity index (χ1) is 12.6. The van der Waals surface area contributed by atoms with Gasteiger partial charge in [0, 0.05) is 29.5 Å². The van der Waals surface area contributed by atoms with Crippen LogP contribution in [-0.2, 0) is 4.79 Å². The minimum absolute atomic E-state index is 0.00298. The fraction of sp³-hybridized carbons (Fsp3) is 0.238. The van der Waals surface area contributed by atoms with Gasteiger partial charge < -0.3 is 19.1 Å². The number of benzene rings is 2. The van der Waals surface area contributed by atoms with Crippen LogP contribution in [0.25, 0.3) is 22.3 Å². The van der Waals surface area contributed by atoms with E-state index in [1.54, 1.807) is 7.11 Å². The zero-order valence-electron chi connectivity index (χ0n) is 14.8. The lowest BCUT2D eigenvalue weighted by Gasteiger charge is -2.07. The smallest absolute Gasteiger partial charge is 0.136 e. The summed E-state index contributed by atoms with van der Waals surface area (Å²) in [4.78, 5) is 15.2. The van der Waals surface area contributed by atoms with Gasteiger partial charge in [-0.1, -0.05) is 11.6 Å². The van der Waals surface area contributed by atoms with Gasteiger partial charge in [-0.05, 0) is 56.2 Å². The van der Waals surface area contributed by atoms with Crippen molar-refractivity contribution in [3.05, 3.63) is 59.5 Å². The number of methoxy groups -OCH3 is 1. The molecular formula is C21H20NO4-. The number of hydrogen-bond donors (Lipinski definition) is 0. The van der Waals surface area contributed by atoms with Crippen molar-refractivity contribution >= 4 is 16.9 Å². The molecule has 0 atom stereocenters. The van der Waals surface area contributed by atoms with E-state index in [-0.39, 0.29) is 6.42 Å². The van der Waals surface area contributed by atoms with Gasteiger partial charge in [0.1, 0.15) is 17.1 Å². The van der Waals surface area contributed by atoms with Crippen LogP contribution in [0.15, 0.2) is 57.9 Å². The van der Waals surface area contributed by atoms with Crippen LogP contribution < -0.4 is 15.2 Å². The largest absolute Gasteiger partial charge is 0.550 e. The number of ether oxygens (including phenoxy) is 1. The van der Waals surface area contributed by atoms with E-state index in [2.05, 4.69) is 4.99 Å². The Morgan fingerprint density at radius 2 is 1.92 bits per heavy atom. The van der Waals surface area contributed by atoms with Gasteiger partial charge in [0.25, 0.3) is 0 Å². The molecule has 1 heterocycles. The maximum absolute atomic E-state index is 10.6. The van der Waals surface area contributed by atoms with Crippen molar-refractivity contribution in [2.75, 3.05) is 13.7 Å². The summed E-state index contributed by atoms with van der Waals surface area (Å²) in [6.07, 6.45) is 0.447. The van der Waals surface area contributed by atoms with Crippen molar-refractivity contribution in [1.29, 1.82) is 0 Å². The van der Waals surface area contributed by atoms with Crippen molar-refractivity contribution in [3.63, 3.8) is 0 Å². The predicted octanol–water partition coefficient (Wildman–Crippen LogP) is 2.85. The molecule has 0 aliphatic carbocycles. The standard InChI is InChI=1S/C21H21NO4/c1-14-5-10-19-17(12-14)18(22-11-3-4-21(23)24)13-20(26-19)15-6-8-16(25-2)9-7-15/h5-10,12-13H,3-4,11H2,1-2H3,(H,23,24)/p-1. The van der Waals surface area contributed by atoms with Gasteiger partial charge in [-0.15, -0.1) is 0 Å². The van der Waals surface area contributed by atoms with Crippen molar-refractivity contribution in [3.8, 4) is 17.1 Å². The number of nitrogens with zero attached hydrogens (tertiary/aromatic N) is 1. The fourth-order valence-corrected chi connectivity index (χ4v) is 2.73. The first kappa shape index (κ1) is 17.7. The molecule has 0 bridgehead atoms. The summed E-state index contributed by atoms with van der Waals surface area (Å²) in [5.41, 5.74) is 2.76. The lowest BCUT2D eigenvalue weighted by molar-refractivity contribution is -0.305. The molecule has 0 saturated heterocycles. The number of hydrogen-bond acceptors (Lipinski definition) is 5. The van der Waals surface area contributed by atoms with Gasteiger partial charge in [0.15, 0.2) is 0 Å². The zero-order valence-corrected chi connectivity index (χ0v) is 14.8. The SMILES string of the molecule is COc1ccc(-c2cc(=NCCCC(=O)[O-])c3cc(C)ccc3o2)cc1. The number of carbonyl (C=O) groups excluding carboxylic acids is 1. The molecule has 0 amide bonds. The molecule has 2 aromatic carbocycles. The molecule has 134 valence electrons. The number of carboxylic acid groups (broad SMARTS) is 1. The zero-order chi connectivity index (χ0) is 18.5. The maximum atomic E-state index is 10.6. The average molecular weight is 350 g/mol. The molecule has 3 aromatic rings. The van der Waals surface area contributed by atoms with Crippen LogP contribution in [-0.4, -0.2) is 19.6 Å². The Morgan fingerprint density at radius 1 is 1.15 bits per heavy atom. The molecule has 0 aliphatic rings. The highest BCUT2D eigenvalue weighted by atomic mass is 16.5. The molecule has 26 heavy (non-hydrogen) atoms. The third kappa shape index (κ3) is 4.11. The first-order valence-corrected chi connectivity index (χ1v) is 8.46. The quantitative estimate of drug-likeness (QED) is 0.641. The van der Waals surface area contributed by atoms with Gasteiger partial charge >= 0.3 is 0 Å². The molecule has 5 heteroatoms. The lowest BCUT2D eigenvalue weighted by Crippen LogP contribution is -2.21. The number of rotatable bonds is 6. The number of carbonyl (C=O) groups is 1. The second kappa shape index (κ2) is 7.87. The molecule has 0 spiro atoms. The van der Waals surface area contributed by atoms with E-state index in [9.17, 15) is 9.90 Å². The molecule has 0 radical (unpaired) electrons. The van der Waals surface area contributed by atoms with Gasteiger partial charge in [0.2, 0.25) is 0 Å². The van der Waals surface area contributed by atoms with E-state index in [4.69, 9.17) is 9.15 Å². The van der Waals surface area contributed by atoms with Crippen LogP contribution in [0.3, 0.4) is 0 Å². The molecule has 0 fully saturated rings. The number of aliphatic carboxylic acids is 1. The predicted molar refractivity (Wildman–Crippen MR) is 97.6 cm³/mol. The second-order valence-corrected chi connectivity index (χ2v) is 6.08. The van der Waals surface area contributed by atoms with E-state index in [0.717, 1.165) is 33.2 Å². The highest BCUT2D eigenvalue weighted by Gasteiger charge is 2.07. The molecule has 0 aliphatic heterocycles. The van der Waals surface area contributed by atoms with E-state index in [1.165, 1.54) is 0 Å². The van der Waals surface area contributed by atoms with E-state index in [1.807, 2.05) is 55.5 Å². The molecule has 0 saturated carbocycles. The summed E-state index contributed by atoms with van der Waals surface area (Å²) in [5.74, 6) is 0.419. The van der Waals surface area contributed by atoms with Crippen LogP contribution in [0, 0.1) is 6.92 Å².